The summed E-state index contributed by atoms with van der Waals surface area (Å²) in [5.41, 5.74) is 2.77. The molecule has 0 saturated carbocycles. The Morgan fingerprint density at radius 3 is 2.42 bits per heavy atom. The largest absolute Gasteiger partial charge is 0.326 e. The second-order valence-electron chi connectivity index (χ2n) is 6.34. The highest BCUT2D eigenvalue weighted by molar-refractivity contribution is 7.89. The molecular weight excluding hydrogens is 355 g/mol. The zero-order chi connectivity index (χ0) is 18.6. The van der Waals surface area contributed by atoms with Crippen LogP contribution >= 0.6 is 0 Å². The quantitative estimate of drug-likeness (QED) is 0.814. The van der Waals surface area contributed by atoms with Crippen LogP contribution in [0.1, 0.15) is 30.4 Å². The van der Waals surface area contributed by atoms with Gasteiger partial charge in [0.1, 0.15) is 5.82 Å². The maximum Gasteiger partial charge on any atom is 0.240 e. The second-order valence-corrected chi connectivity index (χ2v) is 8.11. The molecule has 1 aliphatic rings. The minimum Gasteiger partial charge on any atom is -0.326 e. The summed E-state index contributed by atoms with van der Waals surface area (Å²) < 4.78 is 40.1. The molecule has 0 fully saturated rings. The third-order valence-corrected chi connectivity index (χ3v) is 5.86. The van der Waals surface area contributed by atoms with E-state index < -0.39 is 10.0 Å². The molecule has 0 saturated heterocycles. The fourth-order valence-electron chi connectivity index (χ4n) is 3.02. The lowest BCUT2D eigenvalue weighted by Crippen LogP contribution is -2.28. The van der Waals surface area contributed by atoms with Crippen molar-refractivity contribution in [2.45, 2.75) is 37.0 Å². The Labute approximate surface area is 152 Å². The van der Waals surface area contributed by atoms with Gasteiger partial charge in [-0.2, -0.15) is 0 Å². The van der Waals surface area contributed by atoms with Crippen molar-refractivity contribution in [2.75, 3.05) is 11.9 Å². The topological polar surface area (TPSA) is 75.3 Å². The van der Waals surface area contributed by atoms with Crippen molar-refractivity contribution in [3.8, 4) is 0 Å². The number of aryl methyl sites for hydroxylation is 2. The molecule has 1 amide bonds. The van der Waals surface area contributed by atoms with Crippen LogP contribution < -0.4 is 10.0 Å². The number of hydrogen-bond donors (Lipinski definition) is 2. The van der Waals surface area contributed by atoms with Crippen LogP contribution in [0.4, 0.5) is 10.1 Å². The molecule has 1 aliphatic carbocycles. The van der Waals surface area contributed by atoms with Gasteiger partial charge in [-0.05, 0) is 73.2 Å². The zero-order valence-electron chi connectivity index (χ0n) is 14.3. The average molecular weight is 376 g/mol. The van der Waals surface area contributed by atoms with Crippen molar-refractivity contribution in [2.24, 2.45) is 0 Å². The fourth-order valence-corrected chi connectivity index (χ4v) is 4.10. The van der Waals surface area contributed by atoms with E-state index in [1.165, 1.54) is 29.8 Å². The Morgan fingerprint density at radius 2 is 1.69 bits per heavy atom. The maximum absolute atomic E-state index is 12.8. The molecular formula is C19H21FN2O3S. The molecule has 0 spiro atoms. The van der Waals surface area contributed by atoms with E-state index in [1.54, 1.807) is 12.1 Å². The van der Waals surface area contributed by atoms with E-state index in [1.807, 2.05) is 6.07 Å². The number of benzene rings is 2. The smallest absolute Gasteiger partial charge is 0.240 e. The van der Waals surface area contributed by atoms with Crippen molar-refractivity contribution in [1.82, 2.24) is 4.72 Å². The molecule has 0 atom stereocenters. The first-order chi connectivity index (χ1) is 12.4. The standard InChI is InChI=1S/C19H21FN2O3S/c20-16-6-8-17(9-7-16)22-19(23)11-12-21-26(24,25)18-10-5-14-3-1-2-4-15(14)13-18/h5-10,13,21H,1-4,11-12H2,(H,22,23). The van der Waals surface area contributed by atoms with E-state index in [0.29, 0.717) is 5.69 Å². The molecule has 138 valence electrons. The first kappa shape index (κ1) is 18.5. The van der Waals surface area contributed by atoms with Gasteiger partial charge in [-0.3, -0.25) is 4.79 Å². The third-order valence-electron chi connectivity index (χ3n) is 4.40. The number of amides is 1. The molecule has 0 aromatic heterocycles. The van der Waals surface area contributed by atoms with Crippen molar-refractivity contribution in [1.29, 1.82) is 0 Å². The van der Waals surface area contributed by atoms with Crippen LogP contribution in [0.25, 0.3) is 0 Å². The van der Waals surface area contributed by atoms with Gasteiger partial charge in [0, 0.05) is 18.7 Å². The SMILES string of the molecule is O=C(CCNS(=O)(=O)c1ccc2c(c1)CCCC2)Nc1ccc(F)cc1. The normalized spacial score (nSPS) is 13.9. The average Bonchev–Trinajstić information content (AvgIpc) is 2.63. The number of halogens is 1. The van der Waals surface area contributed by atoms with E-state index >= 15 is 0 Å². The lowest BCUT2D eigenvalue weighted by molar-refractivity contribution is -0.116. The van der Waals surface area contributed by atoms with Crippen molar-refractivity contribution >= 4 is 21.6 Å². The van der Waals surface area contributed by atoms with Gasteiger partial charge in [0.25, 0.3) is 0 Å². The number of rotatable bonds is 6. The predicted octanol–water partition coefficient (Wildman–Crippen LogP) is 3.01. The Hall–Kier alpha value is -2.25. The number of anilines is 1. The van der Waals surface area contributed by atoms with E-state index in [9.17, 15) is 17.6 Å². The van der Waals surface area contributed by atoms with Gasteiger partial charge in [0.15, 0.2) is 0 Å². The van der Waals surface area contributed by atoms with Gasteiger partial charge in [-0.1, -0.05) is 6.07 Å². The molecule has 3 rings (SSSR count). The summed E-state index contributed by atoms with van der Waals surface area (Å²) in [5, 5.41) is 2.60. The van der Waals surface area contributed by atoms with Crippen molar-refractivity contribution in [3.05, 3.63) is 59.4 Å². The summed E-state index contributed by atoms with van der Waals surface area (Å²) in [6, 6.07) is 10.6. The molecule has 2 N–H and O–H groups in total. The van der Waals surface area contributed by atoms with Crippen LogP contribution in [0, 0.1) is 5.82 Å². The molecule has 0 heterocycles. The Morgan fingerprint density at radius 1 is 1.00 bits per heavy atom. The molecule has 0 bridgehead atoms. The molecule has 2 aromatic carbocycles. The van der Waals surface area contributed by atoms with Crippen molar-refractivity contribution < 1.29 is 17.6 Å². The van der Waals surface area contributed by atoms with Crippen LogP contribution in [-0.2, 0) is 27.7 Å². The van der Waals surface area contributed by atoms with E-state index in [0.717, 1.165) is 31.2 Å². The van der Waals surface area contributed by atoms with Gasteiger partial charge in [0.05, 0.1) is 4.90 Å². The van der Waals surface area contributed by atoms with Crippen LogP contribution in [0.2, 0.25) is 0 Å². The number of carbonyl (C=O) groups is 1. The molecule has 0 radical (unpaired) electrons. The van der Waals surface area contributed by atoms with Crippen LogP contribution in [0.15, 0.2) is 47.4 Å². The van der Waals surface area contributed by atoms with Gasteiger partial charge >= 0.3 is 0 Å². The highest BCUT2D eigenvalue weighted by Gasteiger charge is 2.17. The predicted molar refractivity (Wildman–Crippen MR) is 97.9 cm³/mol. The van der Waals surface area contributed by atoms with Gasteiger partial charge in [0.2, 0.25) is 15.9 Å². The molecule has 0 aliphatic heterocycles. The second kappa shape index (κ2) is 7.97. The third kappa shape index (κ3) is 4.68. The monoisotopic (exact) mass is 376 g/mol. The lowest BCUT2D eigenvalue weighted by atomic mass is 9.92. The maximum atomic E-state index is 12.8. The number of carbonyl (C=O) groups excluding carboxylic acids is 1. The zero-order valence-corrected chi connectivity index (χ0v) is 15.1. The summed E-state index contributed by atoms with van der Waals surface area (Å²) in [5.74, 6) is -0.731. The molecule has 7 heteroatoms. The number of sulfonamides is 1. The van der Waals surface area contributed by atoms with Crippen LogP contribution in [0.3, 0.4) is 0 Å². The van der Waals surface area contributed by atoms with Gasteiger partial charge < -0.3 is 5.32 Å². The van der Waals surface area contributed by atoms with E-state index in [4.69, 9.17) is 0 Å². The first-order valence-corrected chi connectivity index (χ1v) is 10.1. The minimum atomic E-state index is -3.65. The van der Waals surface area contributed by atoms with Crippen LogP contribution in [-0.4, -0.2) is 20.9 Å². The molecule has 5 nitrogen and oxygen atoms in total. The minimum absolute atomic E-state index is 0.00749. The Bertz CT molecular complexity index is 896. The lowest BCUT2D eigenvalue weighted by Gasteiger charge is -2.16. The summed E-state index contributed by atoms with van der Waals surface area (Å²) in [6.45, 7) is -0.00749. The van der Waals surface area contributed by atoms with E-state index in [2.05, 4.69) is 10.0 Å². The fraction of sp³-hybridized carbons (Fsp3) is 0.316. The number of nitrogens with one attached hydrogen (secondary N) is 2. The Kier molecular flexibility index (Phi) is 5.68. The van der Waals surface area contributed by atoms with E-state index in [-0.39, 0.29) is 29.6 Å². The summed E-state index contributed by atoms with van der Waals surface area (Å²) in [6.07, 6.45) is 4.10. The highest BCUT2D eigenvalue weighted by atomic mass is 32.2. The summed E-state index contributed by atoms with van der Waals surface area (Å²) in [4.78, 5) is 12.1. The first-order valence-electron chi connectivity index (χ1n) is 8.61. The van der Waals surface area contributed by atoms with Crippen LogP contribution in [0.5, 0.6) is 0 Å². The Balaban J connectivity index is 1.55. The summed E-state index contributed by atoms with van der Waals surface area (Å²) in [7, 11) is -3.65. The van der Waals surface area contributed by atoms with Crippen molar-refractivity contribution in [3.63, 3.8) is 0 Å². The van der Waals surface area contributed by atoms with Gasteiger partial charge in [-0.25, -0.2) is 17.5 Å². The van der Waals surface area contributed by atoms with Gasteiger partial charge in [-0.15, -0.1) is 0 Å². The molecule has 0 unspecified atom stereocenters. The molecule has 2 aromatic rings. The number of fused-ring (bicyclic) bond motifs is 1. The molecule has 26 heavy (non-hydrogen) atoms. The highest BCUT2D eigenvalue weighted by Crippen LogP contribution is 2.24. The summed E-state index contributed by atoms with van der Waals surface area (Å²) >= 11 is 0. The number of hydrogen-bond acceptors (Lipinski definition) is 3.